The molecule has 4 nitrogen and oxygen atoms in total. The number of benzene rings is 2. The highest BCUT2D eigenvalue weighted by Crippen LogP contribution is 2.22. The number of hydrogen-bond acceptors (Lipinski definition) is 4. The maximum absolute atomic E-state index is 12.7. The van der Waals surface area contributed by atoms with Crippen LogP contribution in [0.2, 0.25) is 5.02 Å². The van der Waals surface area contributed by atoms with E-state index >= 15 is 0 Å². The van der Waals surface area contributed by atoms with Crippen LogP contribution >= 0.6 is 22.9 Å². The van der Waals surface area contributed by atoms with Crippen molar-refractivity contribution in [1.29, 1.82) is 0 Å². The Hall–Kier alpha value is -2.89. The molecule has 0 spiro atoms. The van der Waals surface area contributed by atoms with Crippen LogP contribution in [0.3, 0.4) is 0 Å². The summed E-state index contributed by atoms with van der Waals surface area (Å²) in [6.45, 7) is 0.0713. The Morgan fingerprint density at radius 3 is 2.43 bits per heavy atom. The van der Waals surface area contributed by atoms with E-state index in [-0.39, 0.29) is 12.5 Å². The van der Waals surface area contributed by atoms with Gasteiger partial charge >= 0.3 is 5.97 Å². The van der Waals surface area contributed by atoms with Gasteiger partial charge in [-0.3, -0.25) is 4.79 Å². The zero-order chi connectivity index (χ0) is 19.8. The lowest BCUT2D eigenvalue weighted by Crippen LogP contribution is -2.28. The van der Waals surface area contributed by atoms with Crippen molar-refractivity contribution in [3.8, 4) is 0 Å². The van der Waals surface area contributed by atoms with Crippen molar-refractivity contribution in [2.24, 2.45) is 0 Å². The van der Waals surface area contributed by atoms with Crippen molar-refractivity contribution in [3.05, 3.63) is 93.1 Å². The molecule has 1 aromatic heterocycles. The number of carbonyl (C=O) groups excluding carboxylic acids is 2. The van der Waals surface area contributed by atoms with Gasteiger partial charge in [-0.25, -0.2) is 4.79 Å². The molecular weight excluding hydrogens is 394 g/mol. The summed E-state index contributed by atoms with van der Waals surface area (Å²) in [5.74, 6) is -0.922. The first-order chi connectivity index (χ1) is 13.6. The summed E-state index contributed by atoms with van der Waals surface area (Å²) in [6.07, 6.45) is 1.73. The maximum atomic E-state index is 12.7. The molecule has 3 aromatic rings. The molecule has 3 rings (SSSR count). The lowest BCUT2D eigenvalue weighted by atomic mass is 10.0. The van der Waals surface area contributed by atoms with Crippen LogP contribution in [0.4, 0.5) is 0 Å². The average Bonchev–Trinajstić information content (AvgIpc) is 3.24. The van der Waals surface area contributed by atoms with Crippen molar-refractivity contribution in [1.82, 2.24) is 5.32 Å². The fourth-order valence-electron chi connectivity index (χ4n) is 2.46. The number of ether oxygens (including phenoxy) is 1. The molecule has 0 saturated carbocycles. The van der Waals surface area contributed by atoms with Crippen LogP contribution in [-0.2, 0) is 20.9 Å². The van der Waals surface area contributed by atoms with Crippen LogP contribution in [0.1, 0.15) is 16.0 Å². The zero-order valence-electron chi connectivity index (χ0n) is 14.9. The van der Waals surface area contributed by atoms with Gasteiger partial charge in [-0.05, 0) is 40.8 Å². The van der Waals surface area contributed by atoms with Crippen molar-refractivity contribution >= 4 is 46.5 Å². The van der Waals surface area contributed by atoms with Crippen LogP contribution in [0.15, 0.2) is 72.1 Å². The van der Waals surface area contributed by atoms with Gasteiger partial charge in [0.25, 0.3) is 5.91 Å². The first-order valence-corrected chi connectivity index (χ1v) is 9.86. The van der Waals surface area contributed by atoms with E-state index in [1.807, 2.05) is 47.8 Å². The van der Waals surface area contributed by atoms with Crippen molar-refractivity contribution in [2.75, 3.05) is 6.61 Å². The number of thiophene rings is 1. The molecule has 0 atom stereocenters. The minimum absolute atomic E-state index is 0.343. The number of rotatable bonds is 7. The van der Waals surface area contributed by atoms with Crippen LogP contribution in [-0.4, -0.2) is 18.5 Å². The summed E-state index contributed by atoms with van der Waals surface area (Å²) in [5.41, 5.74) is 1.87. The molecule has 2 aromatic carbocycles. The van der Waals surface area contributed by atoms with Gasteiger partial charge in [-0.15, -0.1) is 11.3 Å². The Bertz CT molecular complexity index is 951. The Morgan fingerprint density at radius 1 is 1.00 bits per heavy atom. The van der Waals surface area contributed by atoms with Crippen LogP contribution in [0, 0.1) is 0 Å². The SMILES string of the molecule is O=C(COC(=O)/C(=C/c1ccccc1)c1ccc(Cl)cc1)NCc1cccs1. The van der Waals surface area contributed by atoms with E-state index in [1.165, 1.54) is 0 Å². The van der Waals surface area contributed by atoms with E-state index in [4.69, 9.17) is 16.3 Å². The number of hydrogen-bond donors (Lipinski definition) is 1. The first-order valence-electron chi connectivity index (χ1n) is 8.61. The van der Waals surface area contributed by atoms with Crippen LogP contribution < -0.4 is 5.32 Å². The van der Waals surface area contributed by atoms with Crippen LogP contribution in [0.5, 0.6) is 0 Å². The largest absolute Gasteiger partial charge is 0.452 e. The summed E-state index contributed by atoms with van der Waals surface area (Å²) >= 11 is 7.50. The minimum atomic E-state index is -0.572. The van der Waals surface area contributed by atoms with Crippen molar-refractivity contribution in [2.45, 2.75) is 6.54 Å². The molecule has 0 radical (unpaired) electrons. The van der Waals surface area contributed by atoms with E-state index in [9.17, 15) is 9.59 Å². The Kier molecular flexibility index (Phi) is 7.00. The van der Waals surface area contributed by atoms with Crippen molar-refractivity contribution < 1.29 is 14.3 Å². The second-order valence-electron chi connectivity index (χ2n) is 5.91. The van der Waals surface area contributed by atoms with E-state index < -0.39 is 5.97 Å². The number of amides is 1. The van der Waals surface area contributed by atoms with Gasteiger partial charge < -0.3 is 10.1 Å². The summed E-state index contributed by atoms with van der Waals surface area (Å²) in [6, 6.07) is 20.2. The highest BCUT2D eigenvalue weighted by molar-refractivity contribution is 7.09. The van der Waals surface area contributed by atoms with Gasteiger partial charge in [0, 0.05) is 9.90 Å². The molecule has 0 unspecified atom stereocenters. The summed E-state index contributed by atoms with van der Waals surface area (Å²) in [7, 11) is 0. The monoisotopic (exact) mass is 411 g/mol. The second-order valence-corrected chi connectivity index (χ2v) is 7.38. The molecule has 6 heteroatoms. The molecule has 1 amide bonds. The fourth-order valence-corrected chi connectivity index (χ4v) is 3.23. The predicted octanol–water partition coefficient (Wildman–Crippen LogP) is 4.80. The van der Waals surface area contributed by atoms with Gasteiger partial charge in [0.1, 0.15) is 0 Å². The first kappa shape index (κ1) is 19.9. The van der Waals surface area contributed by atoms with Gasteiger partial charge in [-0.1, -0.05) is 60.1 Å². The molecule has 0 fully saturated rings. The highest BCUT2D eigenvalue weighted by atomic mass is 35.5. The third kappa shape index (κ3) is 5.81. The Balaban J connectivity index is 1.69. The molecular formula is C22H18ClNO3S. The molecule has 28 heavy (non-hydrogen) atoms. The molecule has 0 aliphatic heterocycles. The van der Waals surface area contributed by atoms with Gasteiger partial charge in [0.15, 0.2) is 6.61 Å². The third-order valence-electron chi connectivity index (χ3n) is 3.86. The average molecular weight is 412 g/mol. The summed E-state index contributed by atoms with van der Waals surface area (Å²) in [4.78, 5) is 25.7. The van der Waals surface area contributed by atoms with E-state index in [1.54, 1.807) is 41.7 Å². The number of carbonyl (C=O) groups is 2. The number of halogens is 1. The molecule has 1 N–H and O–H groups in total. The zero-order valence-corrected chi connectivity index (χ0v) is 16.5. The molecule has 0 aliphatic rings. The highest BCUT2D eigenvalue weighted by Gasteiger charge is 2.16. The summed E-state index contributed by atoms with van der Waals surface area (Å²) in [5, 5.41) is 5.25. The smallest absolute Gasteiger partial charge is 0.339 e. The van der Waals surface area contributed by atoms with Gasteiger partial charge in [-0.2, -0.15) is 0 Å². The maximum Gasteiger partial charge on any atom is 0.339 e. The number of nitrogens with one attached hydrogen (secondary N) is 1. The minimum Gasteiger partial charge on any atom is -0.452 e. The molecule has 0 bridgehead atoms. The molecule has 0 saturated heterocycles. The van der Waals surface area contributed by atoms with Gasteiger partial charge in [0.2, 0.25) is 0 Å². The topological polar surface area (TPSA) is 55.4 Å². The van der Waals surface area contributed by atoms with Crippen molar-refractivity contribution in [3.63, 3.8) is 0 Å². The fraction of sp³-hybridized carbons (Fsp3) is 0.0909. The van der Waals surface area contributed by atoms with E-state index in [0.29, 0.717) is 22.7 Å². The van der Waals surface area contributed by atoms with E-state index in [2.05, 4.69) is 5.32 Å². The third-order valence-corrected chi connectivity index (χ3v) is 4.99. The molecule has 1 heterocycles. The number of esters is 1. The van der Waals surface area contributed by atoms with Gasteiger partial charge in [0.05, 0.1) is 12.1 Å². The van der Waals surface area contributed by atoms with Crippen LogP contribution in [0.25, 0.3) is 11.6 Å². The second kappa shape index (κ2) is 9.88. The molecule has 142 valence electrons. The quantitative estimate of drug-likeness (QED) is 0.345. The molecule has 0 aliphatic carbocycles. The predicted molar refractivity (Wildman–Crippen MR) is 113 cm³/mol. The summed E-state index contributed by atoms with van der Waals surface area (Å²) < 4.78 is 5.24. The Labute approximate surface area is 172 Å². The van der Waals surface area contributed by atoms with E-state index in [0.717, 1.165) is 10.4 Å². The lowest BCUT2D eigenvalue weighted by Gasteiger charge is -2.10. The normalized spacial score (nSPS) is 11.1. The Morgan fingerprint density at radius 2 is 1.75 bits per heavy atom. The lowest BCUT2D eigenvalue weighted by molar-refractivity contribution is -0.142. The standard InChI is InChI=1S/C22H18ClNO3S/c23-18-10-8-17(9-11-18)20(13-16-5-2-1-3-6-16)22(26)27-15-21(25)24-14-19-7-4-12-28-19/h1-13H,14-15H2,(H,24,25)/b20-13+.